The SMILES string of the molecule is CN(C(=O)c1noc2c1CCc1sccc1-2)c1ccccc1F. The van der Waals surface area contributed by atoms with Gasteiger partial charge < -0.3 is 9.42 Å². The quantitative estimate of drug-likeness (QED) is 0.716. The fourth-order valence-corrected chi connectivity index (χ4v) is 3.76. The van der Waals surface area contributed by atoms with Gasteiger partial charge in [0.25, 0.3) is 5.91 Å². The van der Waals surface area contributed by atoms with Crippen LogP contribution in [0.4, 0.5) is 10.1 Å². The molecular formula is C17H13FN2O2S. The van der Waals surface area contributed by atoms with Gasteiger partial charge in [-0.25, -0.2) is 4.39 Å². The van der Waals surface area contributed by atoms with E-state index < -0.39 is 5.82 Å². The van der Waals surface area contributed by atoms with Crippen molar-refractivity contribution < 1.29 is 13.7 Å². The maximum atomic E-state index is 13.9. The van der Waals surface area contributed by atoms with Crippen LogP contribution in [-0.2, 0) is 12.8 Å². The number of aromatic nitrogens is 1. The highest BCUT2D eigenvalue weighted by Gasteiger charge is 2.30. The normalized spacial score (nSPS) is 12.6. The van der Waals surface area contributed by atoms with Crippen molar-refractivity contribution in [2.24, 2.45) is 0 Å². The molecule has 0 unspecified atom stereocenters. The summed E-state index contributed by atoms with van der Waals surface area (Å²) in [5.74, 6) is -0.141. The molecule has 1 amide bonds. The highest BCUT2D eigenvalue weighted by atomic mass is 32.1. The average Bonchev–Trinajstić information content (AvgIpc) is 3.19. The largest absolute Gasteiger partial charge is 0.355 e. The van der Waals surface area contributed by atoms with E-state index in [1.807, 2.05) is 11.4 Å². The van der Waals surface area contributed by atoms with Crippen molar-refractivity contribution in [1.82, 2.24) is 5.16 Å². The molecule has 0 saturated carbocycles. The highest BCUT2D eigenvalue weighted by Crippen LogP contribution is 2.38. The van der Waals surface area contributed by atoms with E-state index in [0.29, 0.717) is 12.2 Å². The third-order valence-corrected chi connectivity index (χ3v) is 5.08. The minimum Gasteiger partial charge on any atom is -0.355 e. The van der Waals surface area contributed by atoms with Crippen LogP contribution in [0.3, 0.4) is 0 Å². The van der Waals surface area contributed by atoms with Gasteiger partial charge in [-0.3, -0.25) is 4.79 Å². The van der Waals surface area contributed by atoms with Crippen LogP contribution < -0.4 is 4.90 Å². The second kappa shape index (κ2) is 5.31. The van der Waals surface area contributed by atoms with Gasteiger partial charge in [-0.15, -0.1) is 11.3 Å². The number of carbonyl (C=O) groups is 1. The molecule has 0 bridgehead atoms. The van der Waals surface area contributed by atoms with E-state index in [2.05, 4.69) is 5.16 Å². The molecule has 0 fully saturated rings. The minimum absolute atomic E-state index is 0.223. The Hall–Kier alpha value is -2.47. The van der Waals surface area contributed by atoms with Gasteiger partial charge in [0.1, 0.15) is 5.82 Å². The highest BCUT2D eigenvalue weighted by molar-refractivity contribution is 7.10. The van der Waals surface area contributed by atoms with Crippen LogP contribution in [-0.4, -0.2) is 18.1 Å². The molecule has 3 aromatic rings. The van der Waals surface area contributed by atoms with Crippen molar-refractivity contribution in [2.75, 3.05) is 11.9 Å². The Balaban J connectivity index is 1.73. The Morgan fingerprint density at radius 1 is 1.30 bits per heavy atom. The molecule has 1 aliphatic carbocycles. The van der Waals surface area contributed by atoms with Gasteiger partial charge >= 0.3 is 0 Å². The van der Waals surface area contributed by atoms with Gasteiger partial charge in [-0.2, -0.15) is 0 Å². The number of fused-ring (bicyclic) bond motifs is 3. The first-order chi connectivity index (χ1) is 11.2. The Labute approximate surface area is 136 Å². The van der Waals surface area contributed by atoms with Gasteiger partial charge in [-0.05, 0) is 36.4 Å². The van der Waals surface area contributed by atoms with E-state index in [4.69, 9.17) is 4.52 Å². The van der Waals surface area contributed by atoms with Gasteiger partial charge in [0.2, 0.25) is 0 Å². The molecule has 4 rings (SSSR count). The Kier molecular flexibility index (Phi) is 3.27. The number of rotatable bonds is 2. The topological polar surface area (TPSA) is 46.3 Å². The second-order valence-electron chi connectivity index (χ2n) is 5.41. The summed E-state index contributed by atoms with van der Waals surface area (Å²) in [7, 11) is 1.54. The molecule has 4 nitrogen and oxygen atoms in total. The number of benzene rings is 1. The Morgan fingerprint density at radius 2 is 2.13 bits per heavy atom. The molecule has 0 atom stereocenters. The van der Waals surface area contributed by atoms with Gasteiger partial charge in [0, 0.05) is 23.1 Å². The summed E-state index contributed by atoms with van der Waals surface area (Å²) in [5.41, 5.74) is 2.31. The lowest BCUT2D eigenvalue weighted by atomic mass is 9.95. The van der Waals surface area contributed by atoms with Gasteiger partial charge in [-0.1, -0.05) is 17.3 Å². The molecule has 2 aromatic heterocycles. The van der Waals surface area contributed by atoms with Crippen LogP contribution in [0.25, 0.3) is 11.3 Å². The first-order valence-electron chi connectivity index (χ1n) is 7.24. The molecule has 2 heterocycles. The molecule has 0 saturated heterocycles. The number of thiophene rings is 1. The van der Waals surface area contributed by atoms with E-state index in [9.17, 15) is 9.18 Å². The summed E-state index contributed by atoms with van der Waals surface area (Å²) in [6.45, 7) is 0. The lowest BCUT2D eigenvalue weighted by Crippen LogP contribution is -2.28. The lowest BCUT2D eigenvalue weighted by Gasteiger charge is -2.17. The fourth-order valence-electron chi connectivity index (χ4n) is 2.89. The number of halogens is 1. The number of carbonyl (C=O) groups excluding carboxylic acids is 1. The van der Waals surface area contributed by atoms with E-state index in [1.165, 1.54) is 15.8 Å². The Bertz CT molecular complexity index is 900. The van der Waals surface area contributed by atoms with Crippen LogP contribution >= 0.6 is 11.3 Å². The summed E-state index contributed by atoms with van der Waals surface area (Å²) < 4.78 is 19.3. The van der Waals surface area contributed by atoms with Crippen molar-refractivity contribution in [3.05, 3.63) is 57.7 Å². The maximum absolute atomic E-state index is 13.9. The van der Waals surface area contributed by atoms with Crippen molar-refractivity contribution >= 4 is 22.9 Å². The standard InChI is InChI=1S/C17H13FN2O2S/c1-20(13-5-3-2-4-12(13)18)17(21)15-11-6-7-14-10(8-9-23-14)16(11)22-19-15/h2-5,8-9H,6-7H2,1H3. The maximum Gasteiger partial charge on any atom is 0.280 e. The van der Waals surface area contributed by atoms with Crippen LogP contribution in [0.5, 0.6) is 0 Å². The second-order valence-corrected chi connectivity index (χ2v) is 6.41. The fraction of sp³-hybridized carbons (Fsp3) is 0.176. The predicted molar refractivity (Wildman–Crippen MR) is 86.4 cm³/mol. The Morgan fingerprint density at radius 3 is 2.96 bits per heavy atom. The van der Waals surface area contributed by atoms with Crippen molar-refractivity contribution in [3.63, 3.8) is 0 Å². The van der Waals surface area contributed by atoms with Crippen molar-refractivity contribution in [1.29, 1.82) is 0 Å². The third-order valence-electron chi connectivity index (χ3n) is 4.10. The summed E-state index contributed by atoms with van der Waals surface area (Å²) in [6.07, 6.45) is 1.57. The zero-order chi connectivity index (χ0) is 16.0. The smallest absolute Gasteiger partial charge is 0.280 e. The monoisotopic (exact) mass is 328 g/mol. The summed E-state index contributed by atoms with van der Waals surface area (Å²) in [5, 5.41) is 5.98. The number of amides is 1. The van der Waals surface area contributed by atoms with Crippen molar-refractivity contribution in [3.8, 4) is 11.3 Å². The molecule has 116 valence electrons. The van der Waals surface area contributed by atoms with Crippen molar-refractivity contribution in [2.45, 2.75) is 12.8 Å². The molecule has 6 heteroatoms. The first kappa shape index (κ1) is 14.1. The number of aryl methyl sites for hydroxylation is 1. The van der Waals surface area contributed by atoms with Crippen LogP contribution in [0.2, 0.25) is 0 Å². The number of nitrogens with zero attached hydrogens (tertiary/aromatic N) is 2. The predicted octanol–water partition coefficient (Wildman–Crippen LogP) is 3.92. The molecule has 1 aliphatic rings. The third kappa shape index (κ3) is 2.17. The minimum atomic E-state index is -0.444. The van der Waals surface area contributed by atoms with E-state index >= 15 is 0 Å². The molecule has 23 heavy (non-hydrogen) atoms. The average molecular weight is 328 g/mol. The zero-order valence-electron chi connectivity index (χ0n) is 12.4. The number of para-hydroxylation sites is 1. The van der Waals surface area contributed by atoms with Crippen LogP contribution in [0.1, 0.15) is 20.9 Å². The molecule has 0 radical (unpaired) electrons. The molecular weight excluding hydrogens is 315 g/mol. The van der Waals surface area contributed by atoms with Gasteiger partial charge in [0.15, 0.2) is 11.5 Å². The van der Waals surface area contributed by atoms with E-state index in [0.717, 1.165) is 17.5 Å². The number of hydrogen-bond acceptors (Lipinski definition) is 4. The number of hydrogen-bond donors (Lipinski definition) is 0. The van der Waals surface area contributed by atoms with Crippen LogP contribution in [0, 0.1) is 5.82 Å². The molecule has 0 aliphatic heterocycles. The summed E-state index contributed by atoms with van der Waals surface area (Å²) in [4.78, 5) is 15.2. The van der Waals surface area contributed by atoms with E-state index in [1.54, 1.807) is 36.6 Å². The molecule has 0 N–H and O–H groups in total. The first-order valence-corrected chi connectivity index (χ1v) is 8.12. The molecule has 1 aromatic carbocycles. The summed E-state index contributed by atoms with van der Waals surface area (Å²) >= 11 is 1.68. The number of anilines is 1. The van der Waals surface area contributed by atoms with Gasteiger partial charge in [0.05, 0.1) is 5.69 Å². The zero-order valence-corrected chi connectivity index (χ0v) is 13.2. The van der Waals surface area contributed by atoms with E-state index in [-0.39, 0.29) is 17.3 Å². The van der Waals surface area contributed by atoms with Crippen LogP contribution in [0.15, 0.2) is 40.2 Å². The summed E-state index contributed by atoms with van der Waals surface area (Å²) in [6, 6.07) is 8.16. The molecule has 0 spiro atoms. The lowest BCUT2D eigenvalue weighted by molar-refractivity contribution is 0.0983.